The minimum absolute atomic E-state index is 0.0480. The van der Waals surface area contributed by atoms with Crippen molar-refractivity contribution in [2.45, 2.75) is 71.0 Å². The third kappa shape index (κ3) is 4.49. The van der Waals surface area contributed by atoms with Crippen LogP contribution in [0.3, 0.4) is 0 Å². The first-order valence-electron chi connectivity index (χ1n) is 10.9. The van der Waals surface area contributed by atoms with Gasteiger partial charge in [0.25, 0.3) is 5.91 Å². The highest BCUT2D eigenvalue weighted by molar-refractivity contribution is 5.91. The molecule has 1 aromatic heterocycles. The van der Waals surface area contributed by atoms with E-state index in [1.54, 1.807) is 0 Å². The lowest BCUT2D eigenvalue weighted by Crippen LogP contribution is -2.36. The fraction of sp³-hybridized carbons (Fsp3) is 0.542. The third-order valence-electron chi connectivity index (χ3n) is 6.35. The highest BCUT2D eigenvalue weighted by Gasteiger charge is 2.25. The third-order valence-corrected chi connectivity index (χ3v) is 6.35. The molecule has 2 heterocycles. The number of rotatable bonds is 6. The zero-order valence-electron chi connectivity index (χ0n) is 17.0. The average Bonchev–Trinajstić information content (AvgIpc) is 3.42. The summed E-state index contributed by atoms with van der Waals surface area (Å²) in [5, 5.41) is 0. The van der Waals surface area contributed by atoms with Gasteiger partial charge in [-0.2, -0.15) is 0 Å². The van der Waals surface area contributed by atoms with Crippen LogP contribution in [0.15, 0.2) is 40.8 Å². The smallest absolute Gasteiger partial charge is 0.289 e. The molecule has 4 heteroatoms. The second-order valence-electron chi connectivity index (χ2n) is 8.39. The molecule has 0 N–H and O–H groups in total. The van der Waals surface area contributed by atoms with Gasteiger partial charge >= 0.3 is 0 Å². The fourth-order valence-electron chi connectivity index (χ4n) is 4.62. The molecule has 0 spiro atoms. The molecule has 0 radical (unpaired) electrons. The molecule has 0 atom stereocenters. The Labute approximate surface area is 168 Å². The van der Waals surface area contributed by atoms with Gasteiger partial charge in [0.1, 0.15) is 5.76 Å². The van der Waals surface area contributed by atoms with Crippen LogP contribution < -0.4 is 0 Å². The number of likely N-dealkylation sites (tertiary alicyclic amines) is 1. The van der Waals surface area contributed by atoms with E-state index in [0.29, 0.717) is 11.8 Å². The average molecular weight is 381 g/mol. The lowest BCUT2D eigenvalue weighted by molar-refractivity contribution is 0.0753. The van der Waals surface area contributed by atoms with E-state index in [-0.39, 0.29) is 5.91 Å². The number of nitrogens with zero attached hydrogens (tertiary/aromatic N) is 2. The Balaban J connectivity index is 1.49. The molecule has 28 heavy (non-hydrogen) atoms. The number of amides is 1. The van der Waals surface area contributed by atoms with E-state index in [9.17, 15) is 4.79 Å². The van der Waals surface area contributed by atoms with E-state index < -0.39 is 0 Å². The van der Waals surface area contributed by atoms with Gasteiger partial charge in [0.05, 0.1) is 6.54 Å². The summed E-state index contributed by atoms with van der Waals surface area (Å²) >= 11 is 0. The molecule has 0 unspecified atom stereocenters. The van der Waals surface area contributed by atoms with Crippen molar-refractivity contribution in [2.75, 3.05) is 13.1 Å². The standard InChI is InChI=1S/C24H32N2O2/c1-19-9-5-6-10-20(19)17-26(21-11-3-2-4-12-21)18-22-13-14-23(28-22)24(27)25-15-7-8-16-25/h5-6,9-10,13-14,21H,2-4,7-8,11-12,15-18H2,1H3. The first-order valence-corrected chi connectivity index (χ1v) is 10.9. The van der Waals surface area contributed by atoms with Gasteiger partial charge in [-0.05, 0) is 55.9 Å². The second kappa shape index (κ2) is 8.95. The minimum Gasteiger partial charge on any atom is -0.455 e. The molecule has 150 valence electrons. The highest BCUT2D eigenvalue weighted by atomic mass is 16.4. The Morgan fingerprint density at radius 1 is 1.00 bits per heavy atom. The maximum Gasteiger partial charge on any atom is 0.289 e. The quantitative estimate of drug-likeness (QED) is 0.695. The molecule has 2 aromatic rings. The molecule has 4 nitrogen and oxygen atoms in total. The first kappa shape index (κ1) is 19.3. The van der Waals surface area contributed by atoms with Crippen LogP contribution in [0.2, 0.25) is 0 Å². The number of carbonyl (C=O) groups excluding carboxylic acids is 1. The van der Waals surface area contributed by atoms with Crippen LogP contribution in [0.5, 0.6) is 0 Å². The van der Waals surface area contributed by atoms with Gasteiger partial charge in [-0.1, -0.05) is 43.5 Å². The number of hydrogen-bond acceptors (Lipinski definition) is 3. The summed E-state index contributed by atoms with van der Waals surface area (Å²) in [4.78, 5) is 17.1. The molecule has 1 saturated heterocycles. The summed E-state index contributed by atoms with van der Waals surface area (Å²) in [5.41, 5.74) is 2.72. The Morgan fingerprint density at radius 3 is 2.50 bits per heavy atom. The monoisotopic (exact) mass is 380 g/mol. The van der Waals surface area contributed by atoms with E-state index >= 15 is 0 Å². The van der Waals surface area contributed by atoms with E-state index in [4.69, 9.17) is 4.42 Å². The van der Waals surface area contributed by atoms with Gasteiger partial charge in [0.2, 0.25) is 0 Å². The molecular weight excluding hydrogens is 348 g/mol. The molecule has 1 amide bonds. The minimum atomic E-state index is 0.0480. The van der Waals surface area contributed by atoms with Crippen LogP contribution >= 0.6 is 0 Å². The van der Waals surface area contributed by atoms with Crippen molar-refractivity contribution in [3.63, 3.8) is 0 Å². The van der Waals surface area contributed by atoms with Crippen LogP contribution in [0.25, 0.3) is 0 Å². The zero-order valence-corrected chi connectivity index (χ0v) is 17.0. The van der Waals surface area contributed by atoms with Gasteiger partial charge in [0.15, 0.2) is 5.76 Å². The largest absolute Gasteiger partial charge is 0.455 e. The lowest BCUT2D eigenvalue weighted by atomic mass is 9.93. The second-order valence-corrected chi connectivity index (χ2v) is 8.39. The van der Waals surface area contributed by atoms with E-state index in [0.717, 1.165) is 44.8 Å². The Morgan fingerprint density at radius 2 is 1.75 bits per heavy atom. The van der Waals surface area contributed by atoms with Gasteiger partial charge < -0.3 is 9.32 Å². The molecular formula is C24H32N2O2. The van der Waals surface area contributed by atoms with Crippen molar-refractivity contribution in [1.82, 2.24) is 9.80 Å². The highest BCUT2D eigenvalue weighted by Crippen LogP contribution is 2.27. The molecule has 1 aliphatic heterocycles. The summed E-state index contributed by atoms with van der Waals surface area (Å²) < 4.78 is 6.01. The van der Waals surface area contributed by atoms with E-state index in [1.807, 2.05) is 17.0 Å². The number of furan rings is 1. The summed E-state index contributed by atoms with van der Waals surface area (Å²) in [7, 11) is 0. The van der Waals surface area contributed by atoms with Crippen LogP contribution in [0, 0.1) is 6.92 Å². The van der Waals surface area contributed by atoms with Crippen LogP contribution in [-0.2, 0) is 13.1 Å². The van der Waals surface area contributed by atoms with Crippen LogP contribution in [0.1, 0.15) is 72.4 Å². The molecule has 0 bridgehead atoms. The first-order chi connectivity index (χ1) is 13.7. The van der Waals surface area contributed by atoms with Crippen LogP contribution in [-0.4, -0.2) is 34.8 Å². The summed E-state index contributed by atoms with van der Waals surface area (Å²) in [6.45, 7) is 5.61. The summed E-state index contributed by atoms with van der Waals surface area (Å²) in [6, 6.07) is 13.1. The van der Waals surface area contributed by atoms with Crippen molar-refractivity contribution in [3.8, 4) is 0 Å². The maximum atomic E-state index is 12.6. The number of benzene rings is 1. The zero-order chi connectivity index (χ0) is 19.3. The van der Waals surface area contributed by atoms with Crippen molar-refractivity contribution in [2.24, 2.45) is 0 Å². The fourth-order valence-corrected chi connectivity index (χ4v) is 4.62. The van der Waals surface area contributed by atoms with Gasteiger partial charge in [0, 0.05) is 25.7 Å². The predicted octanol–water partition coefficient (Wildman–Crippen LogP) is 5.16. The summed E-state index contributed by atoms with van der Waals surface area (Å²) in [5.74, 6) is 1.45. The van der Waals surface area contributed by atoms with E-state index in [2.05, 4.69) is 36.1 Å². The topological polar surface area (TPSA) is 36.7 Å². The normalized spacial score (nSPS) is 18.1. The van der Waals surface area contributed by atoms with Gasteiger partial charge in [-0.25, -0.2) is 0 Å². The Kier molecular flexibility index (Phi) is 6.16. The molecule has 4 rings (SSSR count). The maximum absolute atomic E-state index is 12.6. The molecule has 1 aromatic carbocycles. The van der Waals surface area contributed by atoms with Crippen LogP contribution in [0.4, 0.5) is 0 Å². The lowest BCUT2D eigenvalue weighted by Gasteiger charge is -2.34. The number of carbonyl (C=O) groups is 1. The molecule has 2 aliphatic rings. The van der Waals surface area contributed by atoms with Gasteiger partial charge in [-0.3, -0.25) is 9.69 Å². The van der Waals surface area contributed by atoms with Crippen molar-refractivity contribution in [1.29, 1.82) is 0 Å². The summed E-state index contributed by atoms with van der Waals surface area (Å²) in [6.07, 6.45) is 8.69. The predicted molar refractivity (Wildman–Crippen MR) is 111 cm³/mol. The number of hydrogen-bond donors (Lipinski definition) is 0. The number of aryl methyl sites for hydroxylation is 1. The van der Waals surface area contributed by atoms with Crippen molar-refractivity contribution in [3.05, 3.63) is 59.0 Å². The molecule has 2 fully saturated rings. The SMILES string of the molecule is Cc1ccccc1CN(Cc1ccc(C(=O)N2CCCC2)o1)C1CCCCC1. The Hall–Kier alpha value is -2.07. The Bertz CT molecular complexity index is 785. The van der Waals surface area contributed by atoms with E-state index in [1.165, 1.54) is 43.2 Å². The van der Waals surface area contributed by atoms with Crippen molar-refractivity contribution >= 4 is 5.91 Å². The molecule has 1 saturated carbocycles. The molecule has 1 aliphatic carbocycles. The van der Waals surface area contributed by atoms with Crippen molar-refractivity contribution < 1.29 is 9.21 Å². The van der Waals surface area contributed by atoms with Gasteiger partial charge in [-0.15, -0.1) is 0 Å².